The van der Waals surface area contributed by atoms with Crippen molar-refractivity contribution in [3.63, 3.8) is 0 Å². The molecule has 2 heterocycles. The fourth-order valence-electron chi connectivity index (χ4n) is 1.92. The number of aliphatic carboxylic acids is 1. The number of carboxylic acids is 1. The Bertz CT molecular complexity index is 756. The van der Waals surface area contributed by atoms with Gasteiger partial charge in [-0.1, -0.05) is 30.3 Å². The fourth-order valence-corrected chi connectivity index (χ4v) is 2.64. The highest BCUT2D eigenvalue weighted by atomic mass is 32.1. The molecular weight excluding hydrogens is 260 g/mol. The summed E-state index contributed by atoms with van der Waals surface area (Å²) < 4.78 is 1.90. The topological polar surface area (TPSA) is 54.6 Å². The minimum atomic E-state index is -0.968. The van der Waals surface area contributed by atoms with Crippen molar-refractivity contribution in [3.05, 3.63) is 53.7 Å². The zero-order valence-electron chi connectivity index (χ0n) is 9.85. The van der Waals surface area contributed by atoms with E-state index in [1.807, 2.05) is 46.3 Å². The summed E-state index contributed by atoms with van der Waals surface area (Å²) in [5.41, 5.74) is 2.55. The van der Waals surface area contributed by atoms with Gasteiger partial charge in [-0.25, -0.2) is 9.78 Å². The average Bonchev–Trinajstić information content (AvgIpc) is 2.98. The number of nitrogens with zero attached hydrogens (tertiary/aromatic N) is 2. The Labute approximate surface area is 113 Å². The van der Waals surface area contributed by atoms with Crippen LogP contribution in [-0.4, -0.2) is 20.5 Å². The fraction of sp³-hybridized carbons (Fsp3) is 0. The Balaban J connectivity index is 2.21. The molecule has 0 spiro atoms. The maximum absolute atomic E-state index is 10.7. The largest absolute Gasteiger partial charge is 0.478 e. The minimum absolute atomic E-state index is 0.782. The number of carbonyl (C=O) groups is 1. The summed E-state index contributed by atoms with van der Waals surface area (Å²) in [6.07, 6.45) is 4.60. The molecule has 1 N–H and O–H groups in total. The molecule has 3 rings (SSSR count). The van der Waals surface area contributed by atoms with Crippen LogP contribution in [0.2, 0.25) is 0 Å². The van der Waals surface area contributed by atoms with Crippen LogP contribution in [0.3, 0.4) is 0 Å². The van der Waals surface area contributed by atoms with Crippen molar-refractivity contribution in [3.8, 4) is 11.3 Å². The lowest BCUT2D eigenvalue weighted by atomic mass is 10.1. The lowest BCUT2D eigenvalue weighted by Crippen LogP contribution is -1.89. The van der Waals surface area contributed by atoms with Crippen LogP contribution in [-0.2, 0) is 4.79 Å². The molecule has 0 saturated carbocycles. The molecule has 0 fully saturated rings. The van der Waals surface area contributed by atoms with Gasteiger partial charge in [0.1, 0.15) is 0 Å². The van der Waals surface area contributed by atoms with Crippen molar-refractivity contribution in [2.24, 2.45) is 0 Å². The molecule has 0 atom stereocenters. The first-order valence-electron chi connectivity index (χ1n) is 5.67. The van der Waals surface area contributed by atoms with E-state index in [9.17, 15) is 4.79 Å². The number of aromatic nitrogens is 2. The molecule has 0 aliphatic rings. The summed E-state index contributed by atoms with van der Waals surface area (Å²) >= 11 is 1.52. The molecule has 1 aromatic carbocycles. The van der Waals surface area contributed by atoms with Crippen molar-refractivity contribution in [1.82, 2.24) is 9.38 Å². The summed E-state index contributed by atoms with van der Waals surface area (Å²) in [6, 6.07) is 9.74. The summed E-state index contributed by atoms with van der Waals surface area (Å²) in [5, 5.41) is 10.7. The van der Waals surface area contributed by atoms with Gasteiger partial charge in [0.15, 0.2) is 4.96 Å². The predicted octanol–water partition coefficient (Wildman–Crippen LogP) is 3.16. The standard InChI is InChI=1S/C14H10N2O2S/c17-12(18)7-6-11-13(10-4-2-1-3-5-10)15-14-16(11)8-9-19-14/h1-9H,(H,17,18)/b7-6+. The highest BCUT2D eigenvalue weighted by molar-refractivity contribution is 7.15. The number of rotatable bonds is 3. The molecule has 0 unspecified atom stereocenters. The second-order valence-corrected chi connectivity index (χ2v) is 4.81. The van der Waals surface area contributed by atoms with Crippen LogP contribution in [0.4, 0.5) is 0 Å². The van der Waals surface area contributed by atoms with E-state index in [0.717, 1.165) is 28.0 Å². The van der Waals surface area contributed by atoms with E-state index in [1.165, 1.54) is 11.3 Å². The molecule has 0 bridgehead atoms. The Morgan fingerprint density at radius 2 is 2.11 bits per heavy atom. The van der Waals surface area contributed by atoms with Crippen LogP contribution in [0.15, 0.2) is 48.0 Å². The Kier molecular flexibility index (Phi) is 2.89. The summed E-state index contributed by atoms with van der Waals surface area (Å²) in [5.74, 6) is -0.968. The number of hydrogen-bond donors (Lipinski definition) is 1. The monoisotopic (exact) mass is 270 g/mol. The first kappa shape index (κ1) is 11.7. The van der Waals surface area contributed by atoms with Crippen molar-refractivity contribution >= 4 is 28.3 Å². The van der Waals surface area contributed by atoms with E-state index < -0.39 is 5.97 Å². The number of benzene rings is 1. The Morgan fingerprint density at radius 1 is 1.32 bits per heavy atom. The van der Waals surface area contributed by atoms with Crippen LogP contribution < -0.4 is 0 Å². The molecule has 0 amide bonds. The molecule has 0 radical (unpaired) electrons. The maximum Gasteiger partial charge on any atom is 0.328 e. The highest BCUT2D eigenvalue weighted by Crippen LogP contribution is 2.27. The molecule has 0 aliphatic carbocycles. The molecule has 0 saturated heterocycles. The molecule has 3 aromatic rings. The summed E-state index contributed by atoms with van der Waals surface area (Å²) in [7, 11) is 0. The molecule has 94 valence electrons. The minimum Gasteiger partial charge on any atom is -0.478 e. The first-order valence-corrected chi connectivity index (χ1v) is 6.55. The Hall–Kier alpha value is -2.40. The number of carboxylic acid groups (broad SMARTS) is 1. The van der Waals surface area contributed by atoms with E-state index in [0.29, 0.717) is 0 Å². The lowest BCUT2D eigenvalue weighted by molar-refractivity contribution is -0.131. The van der Waals surface area contributed by atoms with Crippen LogP contribution in [0.1, 0.15) is 5.69 Å². The number of imidazole rings is 1. The zero-order valence-corrected chi connectivity index (χ0v) is 10.7. The number of thiazole rings is 1. The van der Waals surface area contributed by atoms with Crippen LogP contribution in [0, 0.1) is 0 Å². The van der Waals surface area contributed by atoms with Gasteiger partial charge in [-0.05, 0) is 6.08 Å². The number of fused-ring (bicyclic) bond motifs is 1. The SMILES string of the molecule is O=C(O)/C=C/c1c(-c2ccccc2)nc2sccn12. The third kappa shape index (κ3) is 2.15. The molecule has 19 heavy (non-hydrogen) atoms. The van der Waals surface area contributed by atoms with E-state index in [-0.39, 0.29) is 0 Å². The third-order valence-corrected chi connectivity index (χ3v) is 3.49. The van der Waals surface area contributed by atoms with E-state index >= 15 is 0 Å². The smallest absolute Gasteiger partial charge is 0.328 e. The first-order chi connectivity index (χ1) is 9.25. The third-order valence-electron chi connectivity index (χ3n) is 2.73. The van der Waals surface area contributed by atoms with Gasteiger partial charge in [0.05, 0.1) is 11.4 Å². The Morgan fingerprint density at radius 3 is 2.84 bits per heavy atom. The van der Waals surface area contributed by atoms with Gasteiger partial charge >= 0.3 is 5.97 Å². The van der Waals surface area contributed by atoms with Crippen molar-refractivity contribution in [1.29, 1.82) is 0 Å². The van der Waals surface area contributed by atoms with E-state index in [2.05, 4.69) is 4.98 Å². The normalized spacial score (nSPS) is 11.4. The predicted molar refractivity (Wildman–Crippen MR) is 75.2 cm³/mol. The molecule has 5 heteroatoms. The molecule has 2 aromatic heterocycles. The van der Waals surface area contributed by atoms with Crippen LogP contribution >= 0.6 is 11.3 Å². The van der Waals surface area contributed by atoms with Gasteiger partial charge in [-0.15, -0.1) is 11.3 Å². The molecule has 0 aliphatic heterocycles. The highest BCUT2D eigenvalue weighted by Gasteiger charge is 2.12. The van der Waals surface area contributed by atoms with Gasteiger partial charge < -0.3 is 5.11 Å². The molecule has 4 nitrogen and oxygen atoms in total. The quantitative estimate of drug-likeness (QED) is 0.744. The van der Waals surface area contributed by atoms with Crippen molar-refractivity contribution in [2.45, 2.75) is 0 Å². The van der Waals surface area contributed by atoms with Crippen LogP contribution in [0.5, 0.6) is 0 Å². The van der Waals surface area contributed by atoms with Crippen molar-refractivity contribution < 1.29 is 9.90 Å². The van der Waals surface area contributed by atoms with E-state index in [1.54, 1.807) is 6.08 Å². The van der Waals surface area contributed by atoms with Gasteiger partial charge in [0, 0.05) is 23.2 Å². The second kappa shape index (κ2) is 4.70. The maximum atomic E-state index is 10.7. The van der Waals surface area contributed by atoms with Crippen molar-refractivity contribution in [2.75, 3.05) is 0 Å². The lowest BCUT2D eigenvalue weighted by Gasteiger charge is -1.99. The van der Waals surface area contributed by atoms with Gasteiger partial charge in [0.2, 0.25) is 0 Å². The van der Waals surface area contributed by atoms with E-state index in [4.69, 9.17) is 5.11 Å². The molecular formula is C14H10N2O2S. The van der Waals surface area contributed by atoms with Gasteiger partial charge in [-0.2, -0.15) is 0 Å². The van der Waals surface area contributed by atoms with Crippen LogP contribution in [0.25, 0.3) is 22.3 Å². The average molecular weight is 270 g/mol. The van der Waals surface area contributed by atoms with Gasteiger partial charge in [-0.3, -0.25) is 4.40 Å². The zero-order chi connectivity index (χ0) is 13.2. The number of hydrogen-bond acceptors (Lipinski definition) is 3. The second-order valence-electron chi connectivity index (χ2n) is 3.94. The summed E-state index contributed by atoms with van der Waals surface area (Å²) in [4.78, 5) is 16.1. The summed E-state index contributed by atoms with van der Waals surface area (Å²) in [6.45, 7) is 0. The van der Waals surface area contributed by atoms with Gasteiger partial charge in [0.25, 0.3) is 0 Å².